The number of pyridine rings is 1. The Bertz CT molecular complexity index is 1010. The van der Waals surface area contributed by atoms with Crippen LogP contribution in [0.5, 0.6) is 0 Å². The summed E-state index contributed by atoms with van der Waals surface area (Å²) in [7, 11) is -3.03. The van der Waals surface area contributed by atoms with Gasteiger partial charge in [-0.05, 0) is 30.7 Å². The molecule has 0 spiro atoms. The maximum absolute atomic E-state index is 12.8. The molecule has 24 heavy (non-hydrogen) atoms. The summed E-state index contributed by atoms with van der Waals surface area (Å²) in [5, 5.41) is 3.77. The highest BCUT2D eigenvalue weighted by Gasteiger charge is 2.30. The number of amides is 1. The summed E-state index contributed by atoms with van der Waals surface area (Å²) >= 11 is 1.32. The second-order valence-electron chi connectivity index (χ2n) is 5.80. The molecule has 6 nitrogen and oxygen atoms in total. The summed E-state index contributed by atoms with van der Waals surface area (Å²) in [5.41, 5.74) is 0.784. The van der Waals surface area contributed by atoms with Gasteiger partial charge in [-0.2, -0.15) is 0 Å². The third-order valence-corrected chi connectivity index (χ3v) is 6.95. The van der Waals surface area contributed by atoms with E-state index in [0.29, 0.717) is 11.3 Å². The van der Waals surface area contributed by atoms with Gasteiger partial charge < -0.3 is 9.88 Å². The molecule has 4 heterocycles. The smallest absolute Gasteiger partial charge is 0.263 e. The van der Waals surface area contributed by atoms with Crippen LogP contribution in [-0.4, -0.2) is 41.4 Å². The van der Waals surface area contributed by atoms with Gasteiger partial charge >= 0.3 is 0 Å². The number of rotatable bonds is 3. The van der Waals surface area contributed by atoms with Crippen LogP contribution in [0.3, 0.4) is 0 Å². The zero-order valence-corrected chi connectivity index (χ0v) is 14.3. The van der Waals surface area contributed by atoms with Gasteiger partial charge in [0.1, 0.15) is 9.71 Å². The number of hydrogen-bond donors (Lipinski definition) is 1. The van der Waals surface area contributed by atoms with Gasteiger partial charge in [0, 0.05) is 30.0 Å². The molecule has 1 atom stereocenters. The molecule has 0 saturated carbocycles. The van der Waals surface area contributed by atoms with Crippen molar-refractivity contribution in [1.29, 1.82) is 0 Å². The molecule has 1 saturated heterocycles. The molecule has 4 rings (SSSR count). The standard InChI is InChI=1S/C16H15N3O3S2/c20-15(18-11-5-9-24(21,22)10-11)14-13(19-7-1-2-8-19)12-4-3-6-17-16(12)23-14/h1-4,6-8,11H,5,9-10H2,(H,18,20). The molecule has 8 heteroatoms. The Kier molecular flexibility index (Phi) is 3.65. The molecule has 0 radical (unpaired) electrons. The Labute approximate surface area is 143 Å². The van der Waals surface area contributed by atoms with Crippen molar-refractivity contribution >= 4 is 37.3 Å². The van der Waals surface area contributed by atoms with Crippen molar-refractivity contribution in [3.8, 4) is 5.69 Å². The van der Waals surface area contributed by atoms with Crippen LogP contribution in [0.4, 0.5) is 0 Å². The van der Waals surface area contributed by atoms with Crippen LogP contribution in [-0.2, 0) is 9.84 Å². The van der Waals surface area contributed by atoms with Crippen LogP contribution in [0.25, 0.3) is 15.9 Å². The maximum atomic E-state index is 12.8. The van der Waals surface area contributed by atoms with E-state index in [1.54, 1.807) is 6.20 Å². The van der Waals surface area contributed by atoms with Crippen LogP contribution in [0, 0.1) is 0 Å². The van der Waals surface area contributed by atoms with Gasteiger partial charge in [-0.15, -0.1) is 11.3 Å². The Balaban J connectivity index is 1.73. The van der Waals surface area contributed by atoms with E-state index in [9.17, 15) is 13.2 Å². The summed E-state index contributed by atoms with van der Waals surface area (Å²) in [6, 6.07) is 7.24. The van der Waals surface area contributed by atoms with Crippen molar-refractivity contribution in [2.45, 2.75) is 12.5 Å². The molecule has 0 aliphatic carbocycles. The predicted molar refractivity (Wildman–Crippen MR) is 93.5 cm³/mol. The monoisotopic (exact) mass is 361 g/mol. The number of thiophene rings is 1. The van der Waals surface area contributed by atoms with Gasteiger partial charge in [-0.3, -0.25) is 4.79 Å². The fourth-order valence-electron chi connectivity index (χ4n) is 2.97. The number of fused-ring (bicyclic) bond motifs is 1. The van der Waals surface area contributed by atoms with E-state index >= 15 is 0 Å². The van der Waals surface area contributed by atoms with Crippen molar-refractivity contribution in [1.82, 2.24) is 14.9 Å². The van der Waals surface area contributed by atoms with Gasteiger partial charge in [0.25, 0.3) is 5.91 Å². The first-order valence-corrected chi connectivity index (χ1v) is 10.2. The molecule has 1 N–H and O–H groups in total. The lowest BCUT2D eigenvalue weighted by Gasteiger charge is -2.11. The zero-order chi connectivity index (χ0) is 16.7. The number of nitrogens with one attached hydrogen (secondary N) is 1. The summed E-state index contributed by atoms with van der Waals surface area (Å²) in [6.07, 6.45) is 5.93. The van der Waals surface area contributed by atoms with Crippen LogP contribution in [0.15, 0.2) is 42.9 Å². The Morgan fingerprint density at radius 3 is 2.79 bits per heavy atom. The Morgan fingerprint density at radius 1 is 1.29 bits per heavy atom. The number of aromatic nitrogens is 2. The van der Waals surface area contributed by atoms with E-state index in [0.717, 1.165) is 15.9 Å². The molecule has 3 aromatic rings. The number of carbonyl (C=O) groups excluding carboxylic acids is 1. The van der Waals surface area contributed by atoms with Gasteiger partial charge in [0.15, 0.2) is 9.84 Å². The maximum Gasteiger partial charge on any atom is 0.263 e. The molecule has 1 unspecified atom stereocenters. The first-order valence-electron chi connectivity index (χ1n) is 7.56. The number of hydrogen-bond acceptors (Lipinski definition) is 5. The predicted octanol–water partition coefficient (Wildman–Crippen LogP) is 2.00. The fraction of sp³-hybridized carbons (Fsp3) is 0.250. The minimum atomic E-state index is -3.03. The third-order valence-electron chi connectivity index (χ3n) is 4.08. The molecule has 0 aromatic carbocycles. The summed E-state index contributed by atoms with van der Waals surface area (Å²) in [4.78, 5) is 18.4. The molecular formula is C16H15N3O3S2. The highest BCUT2D eigenvalue weighted by Crippen LogP contribution is 2.33. The topological polar surface area (TPSA) is 81.1 Å². The SMILES string of the molecule is O=C(NC1CCS(=O)(=O)C1)c1sc2ncccc2c1-n1cccc1. The Morgan fingerprint density at radius 2 is 2.08 bits per heavy atom. The minimum absolute atomic E-state index is 0.0146. The fourth-order valence-corrected chi connectivity index (χ4v) is 5.69. The lowest BCUT2D eigenvalue weighted by atomic mass is 10.2. The third kappa shape index (κ3) is 2.71. The Hall–Kier alpha value is -2.19. The van der Waals surface area contributed by atoms with Crippen molar-refractivity contribution in [2.75, 3.05) is 11.5 Å². The number of sulfone groups is 1. The first kappa shape index (κ1) is 15.3. The average Bonchev–Trinajstić information content (AvgIpc) is 3.24. The average molecular weight is 361 g/mol. The van der Waals surface area contributed by atoms with Gasteiger partial charge in [-0.25, -0.2) is 13.4 Å². The van der Waals surface area contributed by atoms with Crippen LogP contribution in [0.2, 0.25) is 0 Å². The zero-order valence-electron chi connectivity index (χ0n) is 12.7. The van der Waals surface area contributed by atoms with Crippen molar-refractivity contribution < 1.29 is 13.2 Å². The van der Waals surface area contributed by atoms with Crippen molar-refractivity contribution in [3.63, 3.8) is 0 Å². The van der Waals surface area contributed by atoms with Crippen LogP contribution in [0.1, 0.15) is 16.1 Å². The second-order valence-corrected chi connectivity index (χ2v) is 9.03. The van der Waals surface area contributed by atoms with Gasteiger partial charge in [-0.1, -0.05) is 0 Å². The number of carbonyl (C=O) groups is 1. The van der Waals surface area contributed by atoms with Crippen molar-refractivity contribution in [3.05, 3.63) is 47.7 Å². The molecule has 124 valence electrons. The lowest BCUT2D eigenvalue weighted by Crippen LogP contribution is -2.35. The number of nitrogens with zero attached hydrogens (tertiary/aromatic N) is 2. The largest absolute Gasteiger partial charge is 0.347 e. The van der Waals surface area contributed by atoms with Crippen LogP contribution < -0.4 is 5.32 Å². The normalized spacial score (nSPS) is 19.6. The summed E-state index contributed by atoms with van der Waals surface area (Å²) in [6.45, 7) is 0. The van der Waals surface area contributed by atoms with Gasteiger partial charge in [0.05, 0.1) is 17.2 Å². The van der Waals surface area contributed by atoms with E-state index in [4.69, 9.17) is 0 Å². The highest BCUT2D eigenvalue weighted by molar-refractivity contribution is 7.91. The molecular weight excluding hydrogens is 346 g/mol. The van der Waals surface area contributed by atoms with E-state index in [-0.39, 0.29) is 23.5 Å². The molecule has 1 amide bonds. The summed E-state index contributed by atoms with van der Waals surface area (Å²) < 4.78 is 25.1. The first-order chi connectivity index (χ1) is 11.5. The van der Waals surface area contributed by atoms with E-state index in [2.05, 4.69) is 10.3 Å². The quantitative estimate of drug-likeness (QED) is 0.774. The van der Waals surface area contributed by atoms with E-state index in [1.807, 2.05) is 41.2 Å². The second kappa shape index (κ2) is 5.71. The lowest BCUT2D eigenvalue weighted by molar-refractivity contribution is 0.0945. The van der Waals surface area contributed by atoms with E-state index < -0.39 is 9.84 Å². The molecule has 1 aliphatic heterocycles. The minimum Gasteiger partial charge on any atom is -0.347 e. The molecule has 0 bridgehead atoms. The molecule has 1 fully saturated rings. The highest BCUT2D eigenvalue weighted by atomic mass is 32.2. The van der Waals surface area contributed by atoms with Gasteiger partial charge in [0.2, 0.25) is 0 Å². The molecule has 1 aliphatic rings. The summed E-state index contributed by atoms with van der Waals surface area (Å²) in [5.74, 6) is -0.0966. The van der Waals surface area contributed by atoms with Crippen molar-refractivity contribution in [2.24, 2.45) is 0 Å². The van der Waals surface area contributed by atoms with E-state index in [1.165, 1.54) is 11.3 Å². The molecule has 3 aromatic heterocycles. The van der Waals surface area contributed by atoms with Crippen LogP contribution >= 0.6 is 11.3 Å².